The van der Waals surface area contributed by atoms with Gasteiger partial charge >= 0.3 is 0 Å². The van der Waals surface area contributed by atoms with E-state index in [0.717, 1.165) is 0 Å². The quantitative estimate of drug-likeness (QED) is 0.828. The highest BCUT2D eigenvalue weighted by Crippen LogP contribution is 2.10. The Morgan fingerprint density at radius 2 is 2.17 bits per heavy atom. The van der Waals surface area contributed by atoms with Crippen LogP contribution in [0.4, 0.5) is 4.39 Å². The lowest BCUT2D eigenvalue weighted by Gasteiger charge is -2.20. The van der Waals surface area contributed by atoms with Crippen LogP contribution in [0.15, 0.2) is 24.3 Å². The number of hydrogen-bond donors (Lipinski definition) is 1. The first-order chi connectivity index (χ1) is 8.58. The molecule has 0 aromatic heterocycles. The average molecular weight is 254 g/mol. The molecule has 1 aromatic carbocycles. The predicted octanol–water partition coefficient (Wildman–Crippen LogP) is 1.15. The number of halogens is 1. The van der Waals surface area contributed by atoms with Gasteiger partial charge in [-0.15, -0.1) is 0 Å². The van der Waals surface area contributed by atoms with Gasteiger partial charge in [0.1, 0.15) is 5.82 Å². The van der Waals surface area contributed by atoms with E-state index in [-0.39, 0.29) is 37.3 Å². The van der Waals surface area contributed by atoms with Crippen molar-refractivity contribution in [2.75, 3.05) is 20.7 Å². The molecule has 100 valence electrons. The predicted molar refractivity (Wildman–Crippen MR) is 67.3 cm³/mol. The molecule has 0 spiro atoms. The summed E-state index contributed by atoms with van der Waals surface area (Å²) in [5.41, 5.74) is 5.95. The molecule has 1 unspecified atom stereocenters. The topological polar surface area (TPSA) is 55.6 Å². The van der Waals surface area contributed by atoms with Gasteiger partial charge in [0.15, 0.2) is 0 Å². The van der Waals surface area contributed by atoms with E-state index in [1.165, 1.54) is 18.1 Å². The molecule has 0 heterocycles. The van der Waals surface area contributed by atoms with Crippen LogP contribution in [0.5, 0.6) is 0 Å². The Morgan fingerprint density at radius 3 is 2.72 bits per heavy atom. The van der Waals surface area contributed by atoms with Crippen molar-refractivity contribution in [1.82, 2.24) is 4.90 Å². The molecule has 0 aliphatic rings. The minimum absolute atomic E-state index is 0.115. The van der Waals surface area contributed by atoms with Gasteiger partial charge in [0.2, 0.25) is 5.91 Å². The number of methoxy groups -OCH3 is 1. The van der Waals surface area contributed by atoms with Gasteiger partial charge in [-0.05, 0) is 6.07 Å². The van der Waals surface area contributed by atoms with Crippen molar-refractivity contribution < 1.29 is 13.9 Å². The van der Waals surface area contributed by atoms with Crippen LogP contribution >= 0.6 is 0 Å². The summed E-state index contributed by atoms with van der Waals surface area (Å²) in [6.07, 6.45) is -0.0848. The van der Waals surface area contributed by atoms with Gasteiger partial charge in [0.05, 0.1) is 12.5 Å². The summed E-state index contributed by atoms with van der Waals surface area (Å²) in [4.78, 5) is 13.3. The fraction of sp³-hybridized carbons (Fsp3) is 0.462. The molecule has 5 heteroatoms. The minimum atomic E-state index is -0.306. The monoisotopic (exact) mass is 254 g/mol. The Morgan fingerprint density at radius 1 is 1.50 bits per heavy atom. The smallest absolute Gasteiger partial charge is 0.225 e. The average Bonchev–Trinajstić information content (AvgIpc) is 2.38. The molecule has 0 saturated carbocycles. The second kappa shape index (κ2) is 7.08. The van der Waals surface area contributed by atoms with Crippen LogP contribution < -0.4 is 5.73 Å². The van der Waals surface area contributed by atoms with Crippen molar-refractivity contribution in [3.63, 3.8) is 0 Å². The SMILES string of the molecule is COC(CN)CC(=O)N(C)Cc1ccccc1F. The first kappa shape index (κ1) is 14.6. The van der Waals surface area contributed by atoms with Gasteiger partial charge < -0.3 is 15.4 Å². The van der Waals surface area contributed by atoms with Crippen molar-refractivity contribution >= 4 is 5.91 Å². The summed E-state index contributed by atoms with van der Waals surface area (Å²) < 4.78 is 18.5. The van der Waals surface area contributed by atoms with E-state index in [1.807, 2.05) is 0 Å². The maximum absolute atomic E-state index is 13.4. The van der Waals surface area contributed by atoms with E-state index in [1.54, 1.807) is 25.2 Å². The molecule has 1 amide bonds. The first-order valence-electron chi connectivity index (χ1n) is 5.78. The fourth-order valence-corrected chi connectivity index (χ4v) is 1.58. The van der Waals surface area contributed by atoms with E-state index in [2.05, 4.69) is 0 Å². The second-order valence-electron chi connectivity index (χ2n) is 4.14. The normalized spacial score (nSPS) is 12.2. The molecular weight excluding hydrogens is 235 g/mol. The Kier molecular flexibility index (Phi) is 5.74. The molecule has 0 aliphatic carbocycles. The third-order valence-electron chi connectivity index (χ3n) is 2.79. The maximum atomic E-state index is 13.4. The van der Waals surface area contributed by atoms with Gasteiger partial charge in [-0.3, -0.25) is 4.79 Å². The first-order valence-corrected chi connectivity index (χ1v) is 5.78. The third kappa shape index (κ3) is 4.09. The van der Waals surface area contributed by atoms with Crippen LogP contribution in [0.2, 0.25) is 0 Å². The highest BCUT2D eigenvalue weighted by molar-refractivity contribution is 5.76. The Hall–Kier alpha value is -1.46. The standard InChI is InChI=1S/C13H19FN2O2/c1-16(13(17)7-11(8-15)18-2)9-10-5-3-4-6-12(10)14/h3-6,11H,7-9,15H2,1-2H3. The molecule has 0 radical (unpaired) electrons. The van der Waals surface area contributed by atoms with Crippen molar-refractivity contribution in [2.45, 2.75) is 19.1 Å². The number of rotatable bonds is 6. The van der Waals surface area contributed by atoms with Gasteiger partial charge in [-0.2, -0.15) is 0 Å². The third-order valence-corrected chi connectivity index (χ3v) is 2.79. The summed E-state index contributed by atoms with van der Waals surface area (Å²) in [6, 6.07) is 6.41. The van der Waals surface area contributed by atoms with Crippen LogP contribution in [0.25, 0.3) is 0 Å². The number of nitrogens with two attached hydrogens (primary N) is 1. The molecule has 0 saturated heterocycles. The van der Waals surface area contributed by atoms with Crippen molar-refractivity contribution in [1.29, 1.82) is 0 Å². The Bertz CT molecular complexity index is 394. The van der Waals surface area contributed by atoms with Crippen LogP contribution in [0.1, 0.15) is 12.0 Å². The lowest BCUT2D eigenvalue weighted by molar-refractivity contribution is -0.132. The van der Waals surface area contributed by atoms with E-state index >= 15 is 0 Å². The summed E-state index contributed by atoms with van der Waals surface area (Å²) in [6.45, 7) is 0.530. The largest absolute Gasteiger partial charge is 0.380 e. The molecular formula is C13H19FN2O2. The van der Waals surface area contributed by atoms with Crippen LogP contribution in [0.3, 0.4) is 0 Å². The highest BCUT2D eigenvalue weighted by atomic mass is 19.1. The lowest BCUT2D eigenvalue weighted by atomic mass is 10.2. The fourth-order valence-electron chi connectivity index (χ4n) is 1.58. The number of hydrogen-bond acceptors (Lipinski definition) is 3. The highest BCUT2D eigenvalue weighted by Gasteiger charge is 2.16. The molecule has 1 atom stereocenters. The molecule has 1 aromatic rings. The van der Waals surface area contributed by atoms with Gasteiger partial charge in [0, 0.05) is 32.8 Å². The summed E-state index contributed by atoms with van der Waals surface area (Å²) in [5.74, 6) is -0.421. The molecule has 0 aliphatic heterocycles. The van der Waals surface area contributed by atoms with Crippen LogP contribution in [0, 0.1) is 5.82 Å². The van der Waals surface area contributed by atoms with Crippen molar-refractivity contribution in [2.24, 2.45) is 5.73 Å². The van der Waals surface area contributed by atoms with Gasteiger partial charge in [0.25, 0.3) is 0 Å². The second-order valence-corrected chi connectivity index (χ2v) is 4.14. The molecule has 18 heavy (non-hydrogen) atoms. The molecule has 1 rings (SSSR count). The summed E-state index contributed by atoms with van der Waals surface area (Å²) >= 11 is 0. The van der Waals surface area contributed by atoms with E-state index in [9.17, 15) is 9.18 Å². The van der Waals surface area contributed by atoms with E-state index < -0.39 is 0 Å². The van der Waals surface area contributed by atoms with Crippen LogP contribution in [-0.2, 0) is 16.1 Å². The number of carbonyl (C=O) groups is 1. The van der Waals surface area contributed by atoms with Gasteiger partial charge in [-0.1, -0.05) is 18.2 Å². The number of nitrogens with zero attached hydrogens (tertiary/aromatic N) is 1. The summed E-state index contributed by atoms with van der Waals surface area (Å²) in [7, 11) is 3.15. The Balaban J connectivity index is 2.57. The van der Waals surface area contributed by atoms with Gasteiger partial charge in [-0.25, -0.2) is 4.39 Å². The molecule has 4 nitrogen and oxygen atoms in total. The minimum Gasteiger partial charge on any atom is -0.380 e. The number of benzene rings is 1. The number of carbonyl (C=O) groups excluding carboxylic acids is 1. The van der Waals surface area contributed by atoms with Crippen molar-refractivity contribution in [3.05, 3.63) is 35.6 Å². The molecule has 0 fully saturated rings. The van der Waals surface area contributed by atoms with E-state index in [0.29, 0.717) is 5.56 Å². The molecule has 0 bridgehead atoms. The van der Waals surface area contributed by atoms with Crippen molar-refractivity contribution in [3.8, 4) is 0 Å². The Labute approximate surface area is 107 Å². The molecule has 2 N–H and O–H groups in total. The van der Waals surface area contributed by atoms with Crippen LogP contribution in [-0.4, -0.2) is 37.6 Å². The lowest BCUT2D eigenvalue weighted by Crippen LogP contribution is -2.33. The zero-order chi connectivity index (χ0) is 13.5. The number of ether oxygens (including phenoxy) is 1. The van der Waals surface area contributed by atoms with E-state index in [4.69, 9.17) is 10.5 Å². The zero-order valence-corrected chi connectivity index (χ0v) is 10.7. The maximum Gasteiger partial charge on any atom is 0.225 e. The number of amides is 1. The summed E-state index contributed by atoms with van der Waals surface area (Å²) in [5, 5.41) is 0. The zero-order valence-electron chi connectivity index (χ0n) is 10.7.